The molecule has 0 aliphatic carbocycles. The van der Waals surface area contributed by atoms with E-state index in [-0.39, 0.29) is 5.78 Å². The van der Waals surface area contributed by atoms with Crippen molar-refractivity contribution in [1.82, 2.24) is 4.98 Å². The summed E-state index contributed by atoms with van der Waals surface area (Å²) in [6.45, 7) is 0.299. The van der Waals surface area contributed by atoms with E-state index < -0.39 is 144 Å². The zero-order chi connectivity index (χ0) is 51.4. The molecular formula is C46H17BF20N2O. The van der Waals surface area contributed by atoms with Gasteiger partial charge in [0.05, 0.1) is 6.20 Å². The molecule has 0 spiro atoms. The number of ketones is 1. The molecule has 0 bridgehead atoms. The second kappa shape index (κ2) is 19.0. The Hall–Kier alpha value is -7.79. The number of nitrogens with zero attached hydrogens (tertiary/aromatic N) is 2. The molecule has 0 atom stereocenters. The molecule has 0 N–H and O–H groups in total. The SMILES string of the molecule is Fc1c(F)c(F)c([B-](c2c(F)c(F)c(F)c(F)c2F)(c2c(F)c(F)c(F)c(F)c2F)c2c(F)c(F)c(F)c(F)c2F)c(F)c1F.O=C(C[n+]1ccnc(-c2ccc3ccccc3c2)c1)c1ccccc1. The number of carbonyl (C=O) groups is 1. The second-order valence-electron chi connectivity index (χ2n) is 14.8. The first kappa shape index (κ1) is 50.1. The molecule has 0 radical (unpaired) electrons. The Balaban J connectivity index is 0.000000242. The van der Waals surface area contributed by atoms with E-state index in [0.29, 0.717) is 6.54 Å². The van der Waals surface area contributed by atoms with Crippen molar-refractivity contribution in [2.75, 3.05) is 0 Å². The molecule has 1 aromatic heterocycles. The van der Waals surface area contributed by atoms with E-state index in [1.54, 1.807) is 6.20 Å². The van der Waals surface area contributed by atoms with E-state index >= 15 is 35.1 Å². The first-order chi connectivity index (χ1) is 33.0. The monoisotopic (exact) mass is 1000 g/mol. The summed E-state index contributed by atoms with van der Waals surface area (Å²) in [7, 11) is 0. The number of rotatable bonds is 8. The van der Waals surface area contributed by atoms with Gasteiger partial charge < -0.3 is 0 Å². The van der Waals surface area contributed by atoms with Crippen LogP contribution in [0, 0.1) is 116 Å². The van der Waals surface area contributed by atoms with E-state index in [4.69, 9.17) is 0 Å². The first-order valence-electron chi connectivity index (χ1n) is 19.2. The van der Waals surface area contributed by atoms with Gasteiger partial charge in [-0.1, -0.05) is 66.7 Å². The number of aromatic nitrogens is 2. The van der Waals surface area contributed by atoms with Crippen molar-refractivity contribution in [3.63, 3.8) is 0 Å². The quantitative estimate of drug-likeness (QED) is 0.0380. The lowest BCUT2D eigenvalue weighted by molar-refractivity contribution is -0.683. The van der Waals surface area contributed by atoms with Crippen LogP contribution in [-0.4, -0.2) is 16.9 Å². The highest BCUT2D eigenvalue weighted by Crippen LogP contribution is 2.31. The van der Waals surface area contributed by atoms with Gasteiger partial charge >= 0.3 is 0 Å². The summed E-state index contributed by atoms with van der Waals surface area (Å²) in [4.78, 5) is 16.9. The maximum atomic E-state index is 15.4. The van der Waals surface area contributed by atoms with Gasteiger partial charge in [0, 0.05) is 11.1 Å². The van der Waals surface area contributed by atoms with Crippen LogP contribution in [0.15, 0.2) is 91.4 Å². The smallest absolute Gasteiger partial charge is 0.227 e. The van der Waals surface area contributed by atoms with Crippen LogP contribution in [0.2, 0.25) is 0 Å². The highest BCUT2D eigenvalue weighted by molar-refractivity contribution is 7.20. The van der Waals surface area contributed by atoms with Crippen molar-refractivity contribution in [1.29, 1.82) is 0 Å². The van der Waals surface area contributed by atoms with Crippen molar-refractivity contribution < 1.29 is 97.2 Å². The maximum absolute atomic E-state index is 15.4. The molecule has 24 heteroatoms. The molecule has 1 heterocycles. The van der Waals surface area contributed by atoms with Gasteiger partial charge in [0.1, 0.15) is 58.4 Å². The van der Waals surface area contributed by atoms with E-state index in [1.165, 1.54) is 10.8 Å². The molecular weight excluding hydrogens is 987 g/mol. The Bertz CT molecular complexity index is 3070. The predicted molar refractivity (Wildman–Crippen MR) is 207 cm³/mol. The second-order valence-corrected chi connectivity index (χ2v) is 14.8. The summed E-state index contributed by atoms with van der Waals surface area (Å²) in [6, 6.07) is 23.9. The van der Waals surface area contributed by atoms with Crippen LogP contribution in [0.1, 0.15) is 10.4 Å². The third-order valence-electron chi connectivity index (χ3n) is 10.9. The molecule has 7 aromatic carbocycles. The number of benzene rings is 7. The summed E-state index contributed by atoms with van der Waals surface area (Å²) in [6.07, 6.45) is -1.73. The third kappa shape index (κ3) is 8.02. The van der Waals surface area contributed by atoms with Crippen molar-refractivity contribution in [2.45, 2.75) is 6.54 Å². The lowest BCUT2D eigenvalue weighted by Crippen LogP contribution is -2.81. The summed E-state index contributed by atoms with van der Waals surface area (Å²) in [5.41, 5.74) is -11.7. The molecule has 8 rings (SSSR count). The largest absolute Gasteiger partial charge is 0.287 e. The molecule has 0 saturated heterocycles. The maximum Gasteiger partial charge on any atom is 0.227 e. The van der Waals surface area contributed by atoms with Gasteiger partial charge in [-0.3, -0.25) is 4.79 Å². The van der Waals surface area contributed by atoms with Gasteiger partial charge in [-0.2, -0.15) is 4.57 Å². The molecule has 70 heavy (non-hydrogen) atoms. The zero-order valence-corrected chi connectivity index (χ0v) is 33.8. The summed E-state index contributed by atoms with van der Waals surface area (Å²) >= 11 is 0. The van der Waals surface area contributed by atoms with E-state index in [0.717, 1.165) is 16.8 Å². The van der Waals surface area contributed by atoms with Crippen molar-refractivity contribution >= 4 is 44.6 Å². The topological polar surface area (TPSA) is 33.8 Å². The summed E-state index contributed by atoms with van der Waals surface area (Å²) in [5, 5.41) is 2.38. The number of fused-ring (bicyclic) bond motifs is 1. The predicted octanol–water partition coefficient (Wildman–Crippen LogP) is 9.92. The number of hydrogen-bond donors (Lipinski definition) is 0. The lowest BCUT2D eigenvalue weighted by Gasteiger charge is -2.44. The van der Waals surface area contributed by atoms with E-state index in [1.807, 2.05) is 59.4 Å². The average Bonchev–Trinajstić information content (AvgIpc) is 3.36. The number of hydrogen-bond acceptors (Lipinski definition) is 2. The number of halogens is 20. The molecule has 0 saturated carbocycles. The van der Waals surface area contributed by atoms with E-state index in [2.05, 4.69) is 35.3 Å². The molecule has 3 nitrogen and oxygen atoms in total. The summed E-state index contributed by atoms with van der Waals surface area (Å²) in [5.74, 6) is -71.3. The first-order valence-corrected chi connectivity index (χ1v) is 19.2. The standard InChI is InChI=1S/C24BF20.C22H17N2O/c26-5-1(6(27)14(35)21(42)13(5)34)25(2-7(28)15(36)22(43)16(37)8(2)29,3-9(30)17(38)23(44)18(39)10(3)31)4-11(32)19(40)24(45)20(41)12(4)33;25-22(18-7-2-1-3-8-18)16-24-13-12-23-21(15-24)20-11-10-17-6-4-5-9-19(17)14-20/h;1-15H,16H2/q-1;+1. The van der Waals surface area contributed by atoms with Gasteiger partial charge in [-0.15, -0.1) is 21.9 Å². The molecule has 0 fully saturated rings. The van der Waals surface area contributed by atoms with Gasteiger partial charge in [-0.25, -0.2) is 92.8 Å². The Kier molecular flexibility index (Phi) is 13.6. The van der Waals surface area contributed by atoms with Crippen molar-refractivity contribution in [2.24, 2.45) is 0 Å². The van der Waals surface area contributed by atoms with Gasteiger partial charge in [0.15, 0.2) is 82.2 Å². The zero-order valence-electron chi connectivity index (χ0n) is 33.8. The Morgan fingerprint density at radius 1 is 0.400 bits per heavy atom. The summed E-state index contributed by atoms with van der Waals surface area (Å²) < 4.78 is 296. The molecule has 0 unspecified atom stereocenters. The molecule has 360 valence electrons. The number of carbonyl (C=O) groups excluding carboxylic acids is 1. The van der Waals surface area contributed by atoms with Crippen LogP contribution in [0.4, 0.5) is 87.8 Å². The van der Waals surface area contributed by atoms with E-state index in [9.17, 15) is 57.5 Å². The minimum Gasteiger partial charge on any atom is -0.287 e. The minimum absolute atomic E-state index is 0.0845. The fraction of sp³-hybridized carbons (Fsp3) is 0.0217. The van der Waals surface area contributed by atoms with Crippen molar-refractivity contribution in [3.05, 3.63) is 213 Å². The van der Waals surface area contributed by atoms with Gasteiger partial charge in [0.2, 0.25) is 12.3 Å². The molecule has 0 aliphatic rings. The van der Waals surface area contributed by atoms with Crippen LogP contribution in [0.25, 0.3) is 22.0 Å². The third-order valence-corrected chi connectivity index (χ3v) is 10.9. The molecule has 0 amide bonds. The minimum atomic E-state index is -7.22. The van der Waals surface area contributed by atoms with Crippen LogP contribution in [0.3, 0.4) is 0 Å². The lowest BCUT2D eigenvalue weighted by atomic mass is 9.12. The fourth-order valence-corrected chi connectivity index (χ4v) is 7.78. The van der Waals surface area contributed by atoms with Gasteiger partial charge in [-0.05, 0) is 16.8 Å². The molecule has 0 aliphatic heterocycles. The normalized spacial score (nSPS) is 11.5. The average molecular weight is 1000 g/mol. The highest BCUT2D eigenvalue weighted by Gasteiger charge is 2.52. The van der Waals surface area contributed by atoms with Crippen LogP contribution >= 0.6 is 0 Å². The Morgan fingerprint density at radius 3 is 1.10 bits per heavy atom. The van der Waals surface area contributed by atoms with Crippen LogP contribution < -0.4 is 26.4 Å². The Labute approximate surface area is 377 Å². The van der Waals surface area contributed by atoms with Crippen molar-refractivity contribution in [3.8, 4) is 11.3 Å². The Morgan fingerprint density at radius 2 is 0.729 bits per heavy atom. The van der Waals surface area contributed by atoms with Crippen LogP contribution in [0.5, 0.6) is 0 Å². The highest BCUT2D eigenvalue weighted by atomic mass is 19.2. The van der Waals surface area contributed by atoms with Gasteiger partial charge in [0.25, 0.3) is 0 Å². The van der Waals surface area contributed by atoms with Crippen LogP contribution in [-0.2, 0) is 6.54 Å². The number of Topliss-reactive ketones (excluding diaryl/α,β-unsaturated/α-hetero) is 1. The molecule has 8 aromatic rings. The fourth-order valence-electron chi connectivity index (χ4n) is 7.78.